The minimum Gasteiger partial charge on any atom is -0.457 e. The van der Waals surface area contributed by atoms with Gasteiger partial charge in [0.2, 0.25) is 0 Å². The van der Waals surface area contributed by atoms with Crippen molar-refractivity contribution in [2.75, 3.05) is 13.1 Å². The molecule has 0 bridgehead atoms. The van der Waals surface area contributed by atoms with Crippen LogP contribution in [0.25, 0.3) is 0 Å². The van der Waals surface area contributed by atoms with Crippen molar-refractivity contribution in [3.05, 3.63) is 23.7 Å². The van der Waals surface area contributed by atoms with Crippen LogP contribution >= 0.6 is 0 Å². The number of piperidine rings is 1. The first-order chi connectivity index (χ1) is 7.59. The van der Waals surface area contributed by atoms with Crippen LogP contribution in [-0.4, -0.2) is 35.0 Å². The van der Waals surface area contributed by atoms with Gasteiger partial charge < -0.3 is 9.52 Å². The summed E-state index contributed by atoms with van der Waals surface area (Å²) in [7, 11) is 0. The Balaban J connectivity index is 1.89. The van der Waals surface area contributed by atoms with E-state index in [4.69, 9.17) is 4.42 Å². The maximum atomic E-state index is 10.5. The number of furan rings is 1. The molecule has 0 unspecified atom stereocenters. The molecular formula is C12H17NO3. The van der Waals surface area contributed by atoms with Gasteiger partial charge in [0, 0.05) is 13.1 Å². The standard InChI is InChI=1S/C12H17NO3/c1-12(15)4-6-13(7-5-12)8-10-2-3-11(9-14)16-10/h2-3,9,15H,4-8H2,1H3. The van der Waals surface area contributed by atoms with Crippen molar-refractivity contribution in [1.82, 2.24) is 4.90 Å². The first-order valence-electron chi connectivity index (χ1n) is 5.58. The van der Waals surface area contributed by atoms with E-state index >= 15 is 0 Å². The number of nitrogens with zero attached hydrogens (tertiary/aromatic N) is 1. The van der Waals surface area contributed by atoms with Gasteiger partial charge in [-0.2, -0.15) is 0 Å². The van der Waals surface area contributed by atoms with E-state index in [0.717, 1.165) is 31.7 Å². The summed E-state index contributed by atoms with van der Waals surface area (Å²) in [5.41, 5.74) is -0.520. The SMILES string of the molecule is CC1(O)CCN(Cc2ccc(C=O)o2)CC1. The number of hydrogen-bond donors (Lipinski definition) is 1. The smallest absolute Gasteiger partial charge is 0.185 e. The van der Waals surface area contributed by atoms with E-state index < -0.39 is 5.60 Å². The Labute approximate surface area is 94.9 Å². The summed E-state index contributed by atoms with van der Waals surface area (Å²) in [6, 6.07) is 3.51. The minimum absolute atomic E-state index is 0.374. The van der Waals surface area contributed by atoms with Crippen LogP contribution in [0.15, 0.2) is 16.5 Å². The fourth-order valence-electron chi connectivity index (χ4n) is 1.96. The van der Waals surface area contributed by atoms with Crippen molar-refractivity contribution >= 4 is 6.29 Å². The van der Waals surface area contributed by atoms with E-state index in [-0.39, 0.29) is 0 Å². The topological polar surface area (TPSA) is 53.7 Å². The molecule has 4 nitrogen and oxygen atoms in total. The Hall–Kier alpha value is -1.13. The highest BCUT2D eigenvalue weighted by Crippen LogP contribution is 2.22. The molecule has 2 rings (SSSR count). The fourth-order valence-corrected chi connectivity index (χ4v) is 1.96. The number of aliphatic hydroxyl groups is 1. The molecule has 88 valence electrons. The first kappa shape index (κ1) is 11.4. The van der Waals surface area contributed by atoms with Crippen molar-refractivity contribution in [3.63, 3.8) is 0 Å². The minimum atomic E-state index is -0.520. The Morgan fingerprint density at radius 3 is 2.75 bits per heavy atom. The fraction of sp³-hybridized carbons (Fsp3) is 0.583. The van der Waals surface area contributed by atoms with Crippen LogP contribution < -0.4 is 0 Å². The lowest BCUT2D eigenvalue weighted by atomic mass is 9.94. The molecule has 4 heteroatoms. The third kappa shape index (κ3) is 2.71. The lowest BCUT2D eigenvalue weighted by molar-refractivity contribution is -0.00872. The van der Waals surface area contributed by atoms with Crippen molar-refractivity contribution in [1.29, 1.82) is 0 Å². The van der Waals surface area contributed by atoms with Crippen molar-refractivity contribution in [3.8, 4) is 0 Å². The molecule has 0 saturated carbocycles. The molecular weight excluding hydrogens is 206 g/mol. The molecule has 0 radical (unpaired) electrons. The molecule has 0 spiro atoms. The highest BCUT2D eigenvalue weighted by Gasteiger charge is 2.27. The quantitative estimate of drug-likeness (QED) is 0.788. The molecule has 0 amide bonds. The number of likely N-dealkylation sites (tertiary alicyclic amines) is 1. The third-order valence-corrected chi connectivity index (χ3v) is 3.11. The van der Waals surface area contributed by atoms with Crippen molar-refractivity contribution in [2.45, 2.75) is 31.9 Å². The largest absolute Gasteiger partial charge is 0.457 e. The summed E-state index contributed by atoms with van der Waals surface area (Å²) in [4.78, 5) is 12.7. The molecule has 0 atom stereocenters. The molecule has 1 aromatic rings. The summed E-state index contributed by atoms with van der Waals surface area (Å²) >= 11 is 0. The molecule has 1 saturated heterocycles. The van der Waals surface area contributed by atoms with Gasteiger partial charge in [0.05, 0.1) is 12.1 Å². The van der Waals surface area contributed by atoms with Crippen molar-refractivity contribution < 1.29 is 14.3 Å². The first-order valence-corrected chi connectivity index (χ1v) is 5.58. The van der Waals surface area contributed by atoms with Crippen LogP contribution in [0.3, 0.4) is 0 Å². The maximum Gasteiger partial charge on any atom is 0.185 e. The van der Waals surface area contributed by atoms with E-state index in [1.54, 1.807) is 6.07 Å². The van der Waals surface area contributed by atoms with Crippen LogP contribution in [-0.2, 0) is 6.54 Å². The Kier molecular flexibility index (Phi) is 3.12. The number of aldehydes is 1. The van der Waals surface area contributed by atoms with Gasteiger partial charge in [-0.15, -0.1) is 0 Å². The van der Waals surface area contributed by atoms with E-state index in [2.05, 4.69) is 4.90 Å². The van der Waals surface area contributed by atoms with Crippen LogP contribution in [0.4, 0.5) is 0 Å². The molecule has 1 aliphatic rings. The van der Waals surface area contributed by atoms with Gasteiger partial charge in [-0.3, -0.25) is 9.69 Å². The molecule has 1 N–H and O–H groups in total. The average Bonchev–Trinajstić information content (AvgIpc) is 2.69. The monoisotopic (exact) mass is 223 g/mol. The molecule has 1 aliphatic heterocycles. The van der Waals surface area contributed by atoms with E-state index in [0.29, 0.717) is 18.6 Å². The summed E-state index contributed by atoms with van der Waals surface area (Å²) in [5.74, 6) is 1.18. The highest BCUT2D eigenvalue weighted by molar-refractivity contribution is 5.70. The number of carbonyl (C=O) groups is 1. The van der Waals surface area contributed by atoms with Crippen LogP contribution in [0.1, 0.15) is 36.1 Å². The number of rotatable bonds is 3. The maximum absolute atomic E-state index is 10.5. The lowest BCUT2D eigenvalue weighted by Gasteiger charge is -2.35. The summed E-state index contributed by atoms with van der Waals surface area (Å²) in [6.07, 6.45) is 2.28. The lowest BCUT2D eigenvalue weighted by Crippen LogP contribution is -2.41. The summed E-state index contributed by atoms with van der Waals surface area (Å²) < 4.78 is 5.32. The zero-order chi connectivity index (χ0) is 11.6. The van der Waals surface area contributed by atoms with Gasteiger partial charge >= 0.3 is 0 Å². The number of hydrogen-bond acceptors (Lipinski definition) is 4. The zero-order valence-corrected chi connectivity index (χ0v) is 9.48. The van der Waals surface area contributed by atoms with Gasteiger partial charge in [-0.05, 0) is 31.9 Å². The van der Waals surface area contributed by atoms with Crippen LogP contribution in [0.5, 0.6) is 0 Å². The normalized spacial score (nSPS) is 20.9. The van der Waals surface area contributed by atoms with Crippen LogP contribution in [0, 0.1) is 0 Å². The van der Waals surface area contributed by atoms with Gasteiger partial charge in [-0.1, -0.05) is 0 Å². The predicted octanol–water partition coefficient (Wildman–Crippen LogP) is 1.44. The Morgan fingerprint density at radius 2 is 2.19 bits per heavy atom. The van der Waals surface area contributed by atoms with Crippen LogP contribution in [0.2, 0.25) is 0 Å². The van der Waals surface area contributed by atoms with E-state index in [1.807, 2.05) is 13.0 Å². The Morgan fingerprint density at radius 1 is 1.50 bits per heavy atom. The van der Waals surface area contributed by atoms with E-state index in [1.165, 1.54) is 0 Å². The van der Waals surface area contributed by atoms with Gasteiger partial charge in [0.25, 0.3) is 0 Å². The molecule has 1 aromatic heterocycles. The van der Waals surface area contributed by atoms with Crippen molar-refractivity contribution in [2.24, 2.45) is 0 Å². The van der Waals surface area contributed by atoms with Gasteiger partial charge in [0.15, 0.2) is 12.0 Å². The highest BCUT2D eigenvalue weighted by atomic mass is 16.3. The predicted molar refractivity (Wildman–Crippen MR) is 59.2 cm³/mol. The summed E-state index contributed by atoms with van der Waals surface area (Å²) in [6.45, 7) is 4.32. The summed E-state index contributed by atoms with van der Waals surface area (Å²) in [5, 5.41) is 9.80. The number of carbonyl (C=O) groups excluding carboxylic acids is 1. The molecule has 1 fully saturated rings. The second-order valence-electron chi connectivity index (χ2n) is 4.70. The average molecular weight is 223 g/mol. The van der Waals surface area contributed by atoms with Gasteiger partial charge in [-0.25, -0.2) is 0 Å². The third-order valence-electron chi connectivity index (χ3n) is 3.11. The zero-order valence-electron chi connectivity index (χ0n) is 9.48. The molecule has 2 heterocycles. The van der Waals surface area contributed by atoms with E-state index in [9.17, 15) is 9.90 Å². The second kappa shape index (κ2) is 4.39. The molecule has 0 aliphatic carbocycles. The van der Waals surface area contributed by atoms with Gasteiger partial charge in [0.1, 0.15) is 5.76 Å². The Bertz CT molecular complexity index is 360. The molecule has 0 aromatic carbocycles. The second-order valence-corrected chi connectivity index (χ2v) is 4.70. The molecule has 16 heavy (non-hydrogen) atoms.